The van der Waals surface area contributed by atoms with E-state index in [4.69, 9.17) is 19.8 Å². The Morgan fingerprint density at radius 2 is 2.27 bits per heavy atom. The molecule has 0 saturated heterocycles. The molecule has 0 bridgehead atoms. The molecule has 1 aromatic rings. The molecule has 0 radical (unpaired) electrons. The highest BCUT2D eigenvalue weighted by Gasteiger charge is 2.05. The number of rotatable bonds is 2. The van der Waals surface area contributed by atoms with Crippen molar-refractivity contribution in [1.29, 1.82) is 0 Å². The molecule has 0 aromatic carbocycles. The zero-order valence-corrected chi connectivity index (χ0v) is 5.92. The molecule has 0 fully saturated rings. The number of halogens is 1. The summed E-state index contributed by atoms with van der Waals surface area (Å²) in [5.74, 6) is -0.980. The van der Waals surface area contributed by atoms with Gasteiger partial charge < -0.3 is 9.47 Å². The highest BCUT2D eigenvalue weighted by Crippen LogP contribution is 2.24. The third kappa shape index (κ3) is 1.71. The molecule has 4 nitrogen and oxygen atoms in total. The summed E-state index contributed by atoms with van der Waals surface area (Å²) in [6.07, 6.45) is 0. The van der Waals surface area contributed by atoms with E-state index in [0.29, 0.717) is 0 Å². The van der Waals surface area contributed by atoms with Crippen molar-refractivity contribution in [3.8, 4) is 11.6 Å². The van der Waals surface area contributed by atoms with E-state index >= 15 is 0 Å². The smallest absolute Gasteiger partial charge is 0.276 e. The Morgan fingerprint density at radius 3 is 3.00 bits per heavy atom. The third-order valence-electron chi connectivity index (χ3n) is 0.904. The highest BCUT2D eigenvalue weighted by molar-refractivity contribution is 6.29. The van der Waals surface area contributed by atoms with Crippen LogP contribution in [0.15, 0.2) is 6.07 Å². The molecule has 11 heavy (non-hydrogen) atoms. The number of methoxy groups -OCH3 is 2. The van der Waals surface area contributed by atoms with E-state index in [0.717, 1.165) is 6.07 Å². The summed E-state index contributed by atoms with van der Waals surface area (Å²) in [4.78, 5) is 0. The minimum atomic E-state index is -2.80. The number of nitrogens with zero attached hydrogens (tertiary/aromatic N) is 2. The van der Waals surface area contributed by atoms with Gasteiger partial charge in [0, 0.05) is 6.07 Å². The lowest BCUT2D eigenvalue weighted by atomic mass is 10.5. The van der Waals surface area contributed by atoms with Crippen LogP contribution in [-0.4, -0.2) is 24.3 Å². The van der Waals surface area contributed by atoms with Crippen LogP contribution < -0.4 is 9.47 Å². The molecular formula is C6H7ClN2O2. The monoisotopic (exact) mass is 180 g/mol. The molecule has 0 aliphatic heterocycles. The van der Waals surface area contributed by atoms with Crippen LogP contribution in [0.1, 0.15) is 8.22 Å². The van der Waals surface area contributed by atoms with Gasteiger partial charge in [-0.2, -0.15) is 0 Å². The lowest BCUT2D eigenvalue weighted by Gasteiger charge is -2.03. The fourth-order valence-electron chi connectivity index (χ4n) is 0.485. The van der Waals surface area contributed by atoms with Crippen LogP contribution in [0.2, 0.25) is 5.15 Å². The minimum Gasteiger partial charge on any atom is -0.491 e. The zero-order valence-electron chi connectivity index (χ0n) is 11.2. The molecule has 0 amide bonds. The average molecular weight is 181 g/mol. The molecule has 1 rings (SSSR count). The number of hydrogen-bond donors (Lipinski definition) is 0. The van der Waals surface area contributed by atoms with Gasteiger partial charge in [-0.25, -0.2) is 0 Å². The summed E-state index contributed by atoms with van der Waals surface area (Å²) < 4.78 is 50.2. The summed E-state index contributed by atoms with van der Waals surface area (Å²) in [6, 6.07) is 1.00. The van der Waals surface area contributed by atoms with E-state index < -0.39 is 25.7 Å². The topological polar surface area (TPSA) is 44.2 Å². The molecule has 0 N–H and O–H groups in total. The van der Waals surface area contributed by atoms with Gasteiger partial charge in [-0.05, 0) is 0 Å². The van der Waals surface area contributed by atoms with Crippen LogP contribution in [0.3, 0.4) is 0 Å². The Balaban J connectivity index is 3.04. The van der Waals surface area contributed by atoms with Crippen LogP contribution in [0.5, 0.6) is 11.6 Å². The molecule has 1 aromatic heterocycles. The molecule has 0 spiro atoms. The van der Waals surface area contributed by atoms with Crippen molar-refractivity contribution in [1.82, 2.24) is 10.2 Å². The summed E-state index contributed by atoms with van der Waals surface area (Å²) >= 11 is 5.48. The first kappa shape index (κ1) is 3.15. The van der Waals surface area contributed by atoms with Crippen molar-refractivity contribution in [2.45, 2.75) is 0 Å². The second-order valence-corrected chi connectivity index (χ2v) is 1.93. The van der Waals surface area contributed by atoms with Gasteiger partial charge in [0.2, 0.25) is 0 Å². The Labute approximate surface area is 77.5 Å². The van der Waals surface area contributed by atoms with E-state index in [1.807, 2.05) is 0 Å². The SMILES string of the molecule is [2H]C([2H])([2H])Oc1cc(Cl)nnc1OC([2H])([2H])[2H]. The van der Waals surface area contributed by atoms with Gasteiger partial charge in [-0.3, -0.25) is 0 Å². The quantitative estimate of drug-likeness (QED) is 0.685. The van der Waals surface area contributed by atoms with Gasteiger partial charge in [0.1, 0.15) is 0 Å². The lowest BCUT2D eigenvalue weighted by molar-refractivity contribution is 0.338. The first-order valence-electron chi connectivity index (χ1n) is 5.48. The number of ether oxygens (including phenoxy) is 2. The third-order valence-corrected chi connectivity index (χ3v) is 1.09. The van der Waals surface area contributed by atoms with Gasteiger partial charge in [-0.15, -0.1) is 10.2 Å². The van der Waals surface area contributed by atoms with Crippen molar-refractivity contribution in [2.24, 2.45) is 0 Å². The molecule has 0 aliphatic carbocycles. The van der Waals surface area contributed by atoms with Crippen molar-refractivity contribution in [3.63, 3.8) is 0 Å². The molecular weight excluding hydrogens is 168 g/mol. The predicted molar refractivity (Wildman–Crippen MR) is 40.1 cm³/mol. The normalized spacial score (nSPS) is 19.7. The summed E-state index contributed by atoms with van der Waals surface area (Å²) in [5, 5.41) is 6.49. The minimum absolute atomic E-state index is 0.151. The Kier molecular flexibility index (Phi) is 0.969. The van der Waals surface area contributed by atoms with Crippen LogP contribution in [0, 0.1) is 0 Å². The largest absolute Gasteiger partial charge is 0.491 e. The van der Waals surface area contributed by atoms with Crippen molar-refractivity contribution in [2.75, 3.05) is 14.1 Å². The fraction of sp³-hybridized carbons (Fsp3) is 0.333. The fourth-order valence-corrected chi connectivity index (χ4v) is 0.622. The maximum absolute atomic E-state index is 6.89. The highest BCUT2D eigenvalue weighted by atomic mass is 35.5. The van der Waals surface area contributed by atoms with Crippen LogP contribution in [0.25, 0.3) is 0 Å². The van der Waals surface area contributed by atoms with Crippen molar-refractivity contribution in [3.05, 3.63) is 11.2 Å². The van der Waals surface area contributed by atoms with Crippen molar-refractivity contribution >= 4 is 11.6 Å². The standard InChI is InChI=1S/C6H7ClN2O2/c1-10-4-3-5(7)8-9-6(4)11-2/h3H,1-2H3/i1D3,2D3. The Hall–Kier alpha value is -1.03. The van der Waals surface area contributed by atoms with E-state index in [1.165, 1.54) is 0 Å². The Morgan fingerprint density at radius 1 is 1.45 bits per heavy atom. The lowest BCUT2D eigenvalue weighted by Crippen LogP contribution is -1.95. The molecule has 0 saturated carbocycles. The summed E-state index contributed by atoms with van der Waals surface area (Å²) in [7, 11) is -5.57. The zero-order chi connectivity index (χ0) is 13.3. The first-order valence-corrected chi connectivity index (χ1v) is 2.86. The van der Waals surface area contributed by atoms with Gasteiger partial charge in [0.25, 0.3) is 5.88 Å². The van der Waals surface area contributed by atoms with E-state index in [1.54, 1.807) is 0 Å². The molecule has 0 unspecified atom stereocenters. The van der Waals surface area contributed by atoms with Crippen molar-refractivity contribution < 1.29 is 17.7 Å². The predicted octanol–water partition coefficient (Wildman–Crippen LogP) is 1.15. The maximum Gasteiger partial charge on any atom is 0.276 e. The second kappa shape index (κ2) is 3.39. The molecule has 1 heterocycles. The van der Waals surface area contributed by atoms with E-state index in [2.05, 4.69) is 19.7 Å². The molecule has 0 aliphatic rings. The van der Waals surface area contributed by atoms with Gasteiger partial charge in [-0.1, -0.05) is 11.6 Å². The Bertz CT molecular complexity index is 406. The first-order chi connectivity index (χ1) is 7.57. The van der Waals surface area contributed by atoms with E-state index in [-0.39, 0.29) is 5.15 Å². The van der Waals surface area contributed by atoms with Gasteiger partial charge >= 0.3 is 0 Å². The number of hydrogen-bond acceptors (Lipinski definition) is 4. The van der Waals surface area contributed by atoms with Gasteiger partial charge in [0.05, 0.1) is 22.3 Å². The van der Waals surface area contributed by atoms with Gasteiger partial charge in [0.15, 0.2) is 10.9 Å². The van der Waals surface area contributed by atoms with Crippen LogP contribution in [-0.2, 0) is 0 Å². The molecule has 60 valence electrons. The van der Waals surface area contributed by atoms with Crippen LogP contribution >= 0.6 is 11.6 Å². The molecule has 0 atom stereocenters. The van der Waals surface area contributed by atoms with Crippen LogP contribution in [0.4, 0.5) is 0 Å². The average Bonchev–Trinajstić information content (AvgIpc) is 2.05. The number of aromatic nitrogens is 2. The maximum atomic E-state index is 6.89. The molecule has 5 heteroatoms. The van der Waals surface area contributed by atoms with E-state index in [9.17, 15) is 0 Å². The summed E-state index contributed by atoms with van der Waals surface area (Å²) in [5.41, 5.74) is 0. The second-order valence-electron chi connectivity index (χ2n) is 1.54. The summed E-state index contributed by atoms with van der Waals surface area (Å²) in [6.45, 7) is 0.